The number of rotatable bonds is 2. The maximum atomic E-state index is 12.7. The number of hydrogen-bond donors (Lipinski definition) is 1. The molecule has 24 heavy (non-hydrogen) atoms. The zero-order valence-electron chi connectivity index (χ0n) is 14.5. The minimum Gasteiger partial charge on any atom is -0.396 e. The molecule has 1 aromatic carbocycles. The van der Waals surface area contributed by atoms with Crippen molar-refractivity contribution >= 4 is 17.5 Å². The van der Waals surface area contributed by atoms with Crippen molar-refractivity contribution in [2.24, 2.45) is 5.41 Å². The van der Waals surface area contributed by atoms with Gasteiger partial charge in [-0.1, -0.05) is 19.1 Å². The summed E-state index contributed by atoms with van der Waals surface area (Å²) in [7, 11) is 0. The molecule has 1 saturated heterocycles. The van der Waals surface area contributed by atoms with Crippen molar-refractivity contribution in [1.29, 1.82) is 0 Å². The van der Waals surface area contributed by atoms with Gasteiger partial charge in [-0.3, -0.25) is 9.59 Å². The maximum absolute atomic E-state index is 12.7. The van der Waals surface area contributed by atoms with E-state index < -0.39 is 11.8 Å². The van der Waals surface area contributed by atoms with Crippen LogP contribution in [-0.4, -0.2) is 48.1 Å². The summed E-state index contributed by atoms with van der Waals surface area (Å²) < 4.78 is 0. The third-order valence-corrected chi connectivity index (χ3v) is 5.89. The fourth-order valence-electron chi connectivity index (χ4n) is 3.88. The minimum absolute atomic E-state index is 0.0861. The molecule has 1 fully saturated rings. The number of nitrogens with zero attached hydrogens (tertiary/aromatic N) is 2. The van der Waals surface area contributed by atoms with Gasteiger partial charge in [0, 0.05) is 31.9 Å². The van der Waals surface area contributed by atoms with Gasteiger partial charge in [0.25, 0.3) is 0 Å². The fraction of sp³-hybridized carbons (Fsp3) is 0.579. The first-order valence-electron chi connectivity index (χ1n) is 8.81. The van der Waals surface area contributed by atoms with Crippen LogP contribution in [0.1, 0.15) is 37.3 Å². The van der Waals surface area contributed by atoms with Crippen molar-refractivity contribution in [1.82, 2.24) is 4.90 Å². The first kappa shape index (κ1) is 17.0. The summed E-state index contributed by atoms with van der Waals surface area (Å²) in [5.74, 6) is -0.834. The normalized spacial score (nSPS) is 19.3. The van der Waals surface area contributed by atoms with Crippen molar-refractivity contribution in [2.45, 2.75) is 39.5 Å². The molecule has 5 heteroatoms. The molecule has 2 heterocycles. The molecule has 1 N–H and O–H groups in total. The van der Waals surface area contributed by atoms with Crippen LogP contribution < -0.4 is 4.90 Å². The number of piperidine rings is 1. The van der Waals surface area contributed by atoms with Crippen molar-refractivity contribution in [3.8, 4) is 0 Å². The lowest BCUT2D eigenvalue weighted by molar-refractivity contribution is -0.146. The highest BCUT2D eigenvalue weighted by atomic mass is 16.3. The van der Waals surface area contributed by atoms with E-state index in [0.29, 0.717) is 19.6 Å². The van der Waals surface area contributed by atoms with Crippen molar-refractivity contribution in [3.05, 3.63) is 29.3 Å². The summed E-state index contributed by atoms with van der Waals surface area (Å²) in [4.78, 5) is 28.6. The summed E-state index contributed by atoms with van der Waals surface area (Å²) in [6.07, 6.45) is 3.23. The molecular formula is C19H26N2O3. The number of hydrogen-bond acceptors (Lipinski definition) is 3. The number of fused-ring (bicyclic) bond motifs is 1. The van der Waals surface area contributed by atoms with Gasteiger partial charge in [0.15, 0.2) is 0 Å². The van der Waals surface area contributed by atoms with Crippen LogP contribution in [0, 0.1) is 12.3 Å². The van der Waals surface area contributed by atoms with Crippen molar-refractivity contribution in [2.75, 3.05) is 31.1 Å². The third-order valence-electron chi connectivity index (χ3n) is 5.89. The quantitative estimate of drug-likeness (QED) is 0.843. The molecule has 2 aliphatic heterocycles. The molecule has 0 aliphatic carbocycles. The van der Waals surface area contributed by atoms with E-state index in [1.807, 2.05) is 25.1 Å². The van der Waals surface area contributed by atoms with Crippen LogP contribution in [0.2, 0.25) is 0 Å². The highest BCUT2D eigenvalue weighted by Gasteiger charge is 2.38. The summed E-state index contributed by atoms with van der Waals surface area (Å²) in [5.41, 5.74) is 3.13. The lowest BCUT2D eigenvalue weighted by Gasteiger charge is -2.40. The van der Waals surface area contributed by atoms with Crippen LogP contribution in [0.25, 0.3) is 0 Å². The van der Waals surface area contributed by atoms with Crippen LogP contribution in [0.15, 0.2) is 18.2 Å². The lowest BCUT2D eigenvalue weighted by atomic mass is 9.77. The highest BCUT2D eigenvalue weighted by Crippen LogP contribution is 2.35. The fourth-order valence-corrected chi connectivity index (χ4v) is 3.88. The molecule has 0 unspecified atom stereocenters. The number of aliphatic hydroxyl groups excluding tert-OH is 1. The van der Waals surface area contributed by atoms with E-state index in [-0.39, 0.29) is 12.0 Å². The van der Waals surface area contributed by atoms with E-state index in [1.165, 1.54) is 11.1 Å². The van der Waals surface area contributed by atoms with Gasteiger partial charge in [-0.2, -0.15) is 0 Å². The Morgan fingerprint density at radius 1 is 1.17 bits per heavy atom. The zero-order chi connectivity index (χ0) is 17.3. The topological polar surface area (TPSA) is 60.9 Å². The SMILES string of the molecule is CCC1(CO)CCN(C(=O)C(=O)N2CCc3c(C)cccc32)CC1. The van der Waals surface area contributed by atoms with Crippen LogP contribution in [0.3, 0.4) is 0 Å². The molecule has 0 bridgehead atoms. The van der Waals surface area contributed by atoms with Crippen molar-refractivity contribution in [3.63, 3.8) is 0 Å². The standard InChI is InChI=1S/C19H26N2O3/c1-3-19(13-22)8-11-20(12-9-19)17(23)18(24)21-10-7-15-14(2)5-4-6-16(15)21/h4-6,22H,3,7-13H2,1-2H3. The molecule has 0 atom stereocenters. The number of aryl methyl sites for hydroxylation is 1. The van der Waals surface area contributed by atoms with Gasteiger partial charge in [0.05, 0.1) is 0 Å². The molecule has 0 aromatic heterocycles. The molecule has 2 amide bonds. The van der Waals surface area contributed by atoms with Crippen LogP contribution >= 0.6 is 0 Å². The number of amides is 2. The Kier molecular flexibility index (Phi) is 4.63. The summed E-state index contributed by atoms with van der Waals surface area (Å²) >= 11 is 0. The predicted octanol–water partition coefficient (Wildman–Crippen LogP) is 1.90. The minimum atomic E-state index is -0.424. The van der Waals surface area contributed by atoms with Crippen LogP contribution in [0.5, 0.6) is 0 Å². The van der Waals surface area contributed by atoms with Gasteiger partial charge in [-0.15, -0.1) is 0 Å². The molecule has 0 spiro atoms. The van der Waals surface area contributed by atoms with Gasteiger partial charge >= 0.3 is 11.8 Å². The molecule has 130 valence electrons. The Hall–Kier alpha value is -1.88. The Balaban J connectivity index is 1.70. The first-order valence-corrected chi connectivity index (χ1v) is 8.81. The second-order valence-electron chi connectivity index (χ2n) is 7.08. The van der Waals surface area contributed by atoms with Gasteiger partial charge in [-0.25, -0.2) is 0 Å². The Morgan fingerprint density at radius 3 is 2.50 bits per heavy atom. The number of aliphatic hydroxyl groups is 1. The number of carbonyl (C=O) groups excluding carboxylic acids is 2. The lowest BCUT2D eigenvalue weighted by Crippen LogP contribution is -2.50. The van der Waals surface area contributed by atoms with Gasteiger partial charge in [-0.05, 0) is 55.2 Å². The third kappa shape index (κ3) is 2.81. The summed E-state index contributed by atoms with van der Waals surface area (Å²) in [6.45, 7) is 5.94. The molecule has 2 aliphatic rings. The van der Waals surface area contributed by atoms with Gasteiger partial charge in [0.1, 0.15) is 0 Å². The van der Waals surface area contributed by atoms with E-state index in [1.54, 1.807) is 9.80 Å². The monoisotopic (exact) mass is 330 g/mol. The largest absolute Gasteiger partial charge is 0.396 e. The zero-order valence-corrected chi connectivity index (χ0v) is 14.5. The Labute approximate surface area is 143 Å². The van der Waals surface area contributed by atoms with Crippen LogP contribution in [-0.2, 0) is 16.0 Å². The number of likely N-dealkylation sites (tertiary alicyclic amines) is 1. The Morgan fingerprint density at radius 2 is 1.88 bits per heavy atom. The molecule has 0 saturated carbocycles. The second-order valence-corrected chi connectivity index (χ2v) is 7.08. The molecule has 0 radical (unpaired) electrons. The van der Waals surface area contributed by atoms with Crippen LogP contribution in [0.4, 0.5) is 5.69 Å². The molecule has 1 aromatic rings. The van der Waals surface area contributed by atoms with Crippen molar-refractivity contribution < 1.29 is 14.7 Å². The molecule has 3 rings (SSSR count). The molecule has 5 nitrogen and oxygen atoms in total. The summed E-state index contributed by atoms with van der Waals surface area (Å²) in [6, 6.07) is 5.89. The average molecular weight is 330 g/mol. The highest BCUT2D eigenvalue weighted by molar-refractivity contribution is 6.40. The number of carbonyl (C=O) groups is 2. The maximum Gasteiger partial charge on any atom is 0.316 e. The van der Waals surface area contributed by atoms with E-state index >= 15 is 0 Å². The van der Waals surface area contributed by atoms with Gasteiger partial charge < -0.3 is 14.9 Å². The number of anilines is 1. The molecular weight excluding hydrogens is 304 g/mol. The average Bonchev–Trinajstić information content (AvgIpc) is 3.06. The smallest absolute Gasteiger partial charge is 0.316 e. The van der Waals surface area contributed by atoms with E-state index in [9.17, 15) is 14.7 Å². The second kappa shape index (κ2) is 6.55. The summed E-state index contributed by atoms with van der Waals surface area (Å²) in [5, 5.41) is 9.60. The van der Waals surface area contributed by atoms with E-state index in [0.717, 1.165) is 31.4 Å². The predicted molar refractivity (Wildman–Crippen MR) is 92.9 cm³/mol. The number of benzene rings is 1. The van der Waals surface area contributed by atoms with E-state index in [4.69, 9.17) is 0 Å². The van der Waals surface area contributed by atoms with Gasteiger partial charge in [0.2, 0.25) is 0 Å². The first-order chi connectivity index (χ1) is 11.5. The van der Waals surface area contributed by atoms with E-state index in [2.05, 4.69) is 6.92 Å². The Bertz CT molecular complexity index is 642.